The highest BCUT2D eigenvalue weighted by Crippen LogP contribution is 2.41. The minimum atomic E-state index is -4.63. The van der Waals surface area contributed by atoms with E-state index >= 15 is 0 Å². The summed E-state index contributed by atoms with van der Waals surface area (Å²) in [4.78, 5) is 0. The maximum Gasteiger partial charge on any atom is 0.419 e. The van der Waals surface area contributed by atoms with Crippen molar-refractivity contribution in [3.63, 3.8) is 0 Å². The summed E-state index contributed by atoms with van der Waals surface area (Å²) in [5.74, 6) is -1.20. The molecule has 1 saturated heterocycles. The summed E-state index contributed by atoms with van der Waals surface area (Å²) in [5, 5.41) is 1.11. The van der Waals surface area contributed by atoms with Gasteiger partial charge in [-0.2, -0.15) is 24.9 Å². The van der Waals surface area contributed by atoms with Gasteiger partial charge < -0.3 is 0 Å². The summed E-state index contributed by atoms with van der Waals surface area (Å²) in [6, 6.07) is 3.34. The van der Waals surface area contributed by atoms with Crippen molar-refractivity contribution in [1.29, 1.82) is 0 Å². The largest absolute Gasteiger partial charge is 0.419 e. The van der Waals surface area contributed by atoms with E-state index in [0.29, 0.717) is 22.5 Å². The molecule has 1 aromatic carbocycles. The Bertz CT molecular complexity index is 562. The molecule has 0 aromatic heterocycles. The van der Waals surface area contributed by atoms with Crippen molar-refractivity contribution in [2.75, 3.05) is 0 Å². The standard InChI is InChI=1S/C16H16F4S/c17-15-5-4-10(9-14(15)16(18,19)20)6-11-7-12-2-1-3-13(8-11)21-12/h4-5,7,9,12-13H,1-3,6,8H2. The lowest BCUT2D eigenvalue weighted by molar-refractivity contribution is -0.140. The lowest BCUT2D eigenvalue weighted by atomic mass is 9.93. The lowest BCUT2D eigenvalue weighted by Crippen LogP contribution is -2.22. The molecule has 114 valence electrons. The van der Waals surface area contributed by atoms with Gasteiger partial charge in [-0.05, 0) is 43.4 Å². The molecule has 0 aliphatic carbocycles. The van der Waals surface area contributed by atoms with Crippen molar-refractivity contribution >= 4 is 11.8 Å². The van der Waals surface area contributed by atoms with Crippen LogP contribution in [0, 0.1) is 5.82 Å². The Morgan fingerprint density at radius 1 is 1.19 bits per heavy atom. The van der Waals surface area contributed by atoms with Crippen molar-refractivity contribution in [3.05, 3.63) is 46.8 Å². The fourth-order valence-corrected chi connectivity index (χ4v) is 4.80. The number of halogens is 4. The molecule has 0 nitrogen and oxygen atoms in total. The van der Waals surface area contributed by atoms with Crippen molar-refractivity contribution < 1.29 is 17.6 Å². The van der Waals surface area contributed by atoms with E-state index in [-0.39, 0.29) is 0 Å². The van der Waals surface area contributed by atoms with Crippen LogP contribution in [-0.2, 0) is 12.6 Å². The van der Waals surface area contributed by atoms with Crippen LogP contribution in [0.25, 0.3) is 0 Å². The van der Waals surface area contributed by atoms with Crippen LogP contribution >= 0.6 is 11.8 Å². The number of rotatable bonds is 2. The molecule has 2 heterocycles. The predicted octanol–water partition coefficient (Wildman–Crippen LogP) is 5.37. The van der Waals surface area contributed by atoms with E-state index in [9.17, 15) is 17.6 Å². The topological polar surface area (TPSA) is 0 Å². The van der Waals surface area contributed by atoms with E-state index in [1.165, 1.54) is 24.5 Å². The average molecular weight is 316 g/mol. The van der Waals surface area contributed by atoms with Crippen molar-refractivity contribution in [3.8, 4) is 0 Å². The third kappa shape index (κ3) is 3.44. The molecule has 2 bridgehead atoms. The number of hydrogen-bond acceptors (Lipinski definition) is 1. The second-order valence-electron chi connectivity index (χ2n) is 5.75. The highest BCUT2D eigenvalue weighted by atomic mass is 32.2. The van der Waals surface area contributed by atoms with Crippen LogP contribution in [0.5, 0.6) is 0 Å². The molecule has 2 aliphatic rings. The quantitative estimate of drug-likeness (QED) is 0.522. The molecule has 0 radical (unpaired) electrons. The molecule has 21 heavy (non-hydrogen) atoms. The minimum absolute atomic E-state index is 0.497. The SMILES string of the molecule is Fc1ccc(CC2=CC3CCCC(C2)S3)cc1C(F)(F)F. The Hall–Kier alpha value is -0.970. The van der Waals surface area contributed by atoms with Gasteiger partial charge in [-0.3, -0.25) is 0 Å². The summed E-state index contributed by atoms with van der Waals surface area (Å²) in [5.41, 5.74) is 0.578. The first-order chi connectivity index (χ1) is 9.91. The molecule has 0 N–H and O–H groups in total. The summed E-state index contributed by atoms with van der Waals surface area (Å²) in [6.07, 6.45) is 2.60. The number of alkyl halides is 3. The maximum atomic E-state index is 13.3. The van der Waals surface area contributed by atoms with Gasteiger partial charge in [0.25, 0.3) is 0 Å². The van der Waals surface area contributed by atoms with Gasteiger partial charge >= 0.3 is 6.18 Å². The van der Waals surface area contributed by atoms with E-state index < -0.39 is 17.6 Å². The van der Waals surface area contributed by atoms with Gasteiger partial charge in [0.2, 0.25) is 0 Å². The Balaban J connectivity index is 1.81. The van der Waals surface area contributed by atoms with Crippen molar-refractivity contribution in [1.82, 2.24) is 0 Å². The molecule has 1 fully saturated rings. The Morgan fingerprint density at radius 3 is 2.71 bits per heavy atom. The van der Waals surface area contributed by atoms with E-state index in [0.717, 1.165) is 25.0 Å². The first-order valence-corrected chi connectivity index (χ1v) is 8.07. The fraction of sp³-hybridized carbons (Fsp3) is 0.500. The number of hydrogen-bond donors (Lipinski definition) is 0. The predicted molar refractivity (Wildman–Crippen MR) is 76.8 cm³/mol. The second kappa shape index (κ2) is 5.67. The molecule has 5 heteroatoms. The van der Waals surface area contributed by atoms with Gasteiger partial charge in [-0.25, -0.2) is 4.39 Å². The van der Waals surface area contributed by atoms with Crippen LogP contribution in [0.4, 0.5) is 17.6 Å². The van der Waals surface area contributed by atoms with Gasteiger partial charge in [-0.15, -0.1) is 0 Å². The third-order valence-electron chi connectivity index (χ3n) is 4.06. The average Bonchev–Trinajstić information content (AvgIpc) is 2.39. The Labute approximate surface area is 125 Å². The van der Waals surface area contributed by atoms with Crippen LogP contribution in [-0.4, -0.2) is 10.5 Å². The summed E-state index contributed by atoms with van der Waals surface area (Å²) >= 11 is 1.98. The Kier molecular flexibility index (Phi) is 4.04. The van der Waals surface area contributed by atoms with Gasteiger partial charge in [-0.1, -0.05) is 24.1 Å². The van der Waals surface area contributed by atoms with Crippen molar-refractivity contribution in [2.24, 2.45) is 0 Å². The molecule has 1 aromatic rings. The van der Waals surface area contributed by atoms with Gasteiger partial charge in [0, 0.05) is 10.5 Å². The zero-order valence-corrected chi connectivity index (χ0v) is 12.2. The monoisotopic (exact) mass is 316 g/mol. The fourth-order valence-electron chi connectivity index (χ4n) is 3.12. The molecule has 2 aliphatic heterocycles. The number of benzene rings is 1. The molecular weight excluding hydrogens is 300 g/mol. The Morgan fingerprint density at radius 2 is 2.00 bits per heavy atom. The second-order valence-corrected chi connectivity index (χ2v) is 7.29. The summed E-state index contributed by atoms with van der Waals surface area (Å²) < 4.78 is 51.5. The van der Waals surface area contributed by atoms with Crippen LogP contribution in [0.3, 0.4) is 0 Å². The number of thioether (sulfide) groups is 1. The smallest absolute Gasteiger partial charge is 0.206 e. The van der Waals surface area contributed by atoms with Crippen LogP contribution in [0.2, 0.25) is 0 Å². The van der Waals surface area contributed by atoms with Gasteiger partial charge in [0.15, 0.2) is 0 Å². The molecule has 0 saturated carbocycles. The third-order valence-corrected chi connectivity index (χ3v) is 5.57. The molecule has 0 spiro atoms. The molecule has 0 amide bonds. The van der Waals surface area contributed by atoms with E-state index in [2.05, 4.69) is 6.08 Å². The van der Waals surface area contributed by atoms with E-state index in [4.69, 9.17) is 0 Å². The molecule has 2 unspecified atom stereocenters. The highest BCUT2D eigenvalue weighted by Gasteiger charge is 2.34. The normalized spacial score (nSPS) is 25.6. The van der Waals surface area contributed by atoms with Gasteiger partial charge in [0.05, 0.1) is 5.56 Å². The molecular formula is C16H16F4S. The number of fused-ring (bicyclic) bond motifs is 2. The highest BCUT2D eigenvalue weighted by molar-refractivity contribution is 8.00. The summed E-state index contributed by atoms with van der Waals surface area (Å²) in [7, 11) is 0. The molecule has 2 atom stereocenters. The maximum absolute atomic E-state index is 13.3. The van der Waals surface area contributed by atoms with Gasteiger partial charge in [0.1, 0.15) is 5.82 Å². The van der Waals surface area contributed by atoms with Crippen LogP contribution in [0.1, 0.15) is 36.8 Å². The zero-order valence-electron chi connectivity index (χ0n) is 11.4. The first kappa shape index (κ1) is 14.9. The first-order valence-electron chi connectivity index (χ1n) is 7.12. The van der Waals surface area contributed by atoms with Crippen molar-refractivity contribution in [2.45, 2.75) is 48.8 Å². The zero-order chi connectivity index (χ0) is 15.0. The van der Waals surface area contributed by atoms with Crippen LogP contribution < -0.4 is 0 Å². The number of allylic oxidation sites excluding steroid dienone is 1. The van der Waals surface area contributed by atoms with E-state index in [1.54, 1.807) is 0 Å². The lowest BCUT2D eigenvalue weighted by Gasteiger charge is -2.33. The van der Waals surface area contributed by atoms with E-state index in [1.807, 2.05) is 11.8 Å². The minimum Gasteiger partial charge on any atom is -0.206 e. The molecule has 3 rings (SSSR count). The van der Waals surface area contributed by atoms with Crippen LogP contribution in [0.15, 0.2) is 29.8 Å². The summed E-state index contributed by atoms with van der Waals surface area (Å²) in [6.45, 7) is 0.